The summed E-state index contributed by atoms with van der Waals surface area (Å²) in [5, 5.41) is 12.2. The first-order valence-corrected chi connectivity index (χ1v) is 6.03. The highest BCUT2D eigenvalue weighted by Gasteiger charge is 2.07. The van der Waals surface area contributed by atoms with Crippen LogP contribution in [0.4, 0.5) is 11.8 Å². The molecule has 0 aliphatic heterocycles. The van der Waals surface area contributed by atoms with Crippen LogP contribution in [0.2, 0.25) is 5.15 Å². The predicted molar refractivity (Wildman–Crippen MR) is 74.6 cm³/mol. The maximum atomic E-state index is 8.75. The Hall–Kier alpha value is -2.32. The number of nitrogens with one attached hydrogen (secondary N) is 1. The zero-order valence-corrected chi connectivity index (χ0v) is 11.0. The summed E-state index contributed by atoms with van der Waals surface area (Å²) < 4.78 is 0. The molecule has 6 heteroatoms. The van der Waals surface area contributed by atoms with Crippen LogP contribution in [-0.4, -0.2) is 9.97 Å². The van der Waals surface area contributed by atoms with Gasteiger partial charge in [0.25, 0.3) is 0 Å². The lowest BCUT2D eigenvalue weighted by Gasteiger charge is -2.15. The van der Waals surface area contributed by atoms with Crippen molar-refractivity contribution in [1.82, 2.24) is 9.97 Å². The number of nitrogen functional groups attached to an aromatic ring is 1. The van der Waals surface area contributed by atoms with Crippen LogP contribution in [0.25, 0.3) is 0 Å². The molecule has 0 aliphatic carbocycles. The minimum Gasteiger partial charge on any atom is -0.368 e. The van der Waals surface area contributed by atoms with Crippen molar-refractivity contribution in [3.05, 3.63) is 46.6 Å². The summed E-state index contributed by atoms with van der Waals surface area (Å²) in [6.07, 6.45) is 0. The zero-order valence-electron chi connectivity index (χ0n) is 10.3. The van der Waals surface area contributed by atoms with E-state index in [2.05, 4.69) is 21.4 Å². The Morgan fingerprint density at radius 1 is 1.32 bits per heavy atom. The molecule has 0 spiro atoms. The van der Waals surface area contributed by atoms with Crippen molar-refractivity contribution in [2.24, 2.45) is 0 Å². The Labute approximate surface area is 116 Å². The van der Waals surface area contributed by atoms with E-state index in [9.17, 15) is 0 Å². The van der Waals surface area contributed by atoms with Crippen LogP contribution in [0.1, 0.15) is 24.1 Å². The quantitative estimate of drug-likeness (QED) is 0.840. The van der Waals surface area contributed by atoms with Gasteiger partial charge in [0.2, 0.25) is 5.95 Å². The Morgan fingerprint density at radius 2 is 2.00 bits per heavy atom. The van der Waals surface area contributed by atoms with Crippen molar-refractivity contribution in [2.75, 3.05) is 11.1 Å². The summed E-state index contributed by atoms with van der Waals surface area (Å²) in [7, 11) is 0. The van der Waals surface area contributed by atoms with Crippen molar-refractivity contribution in [3.63, 3.8) is 0 Å². The minimum absolute atomic E-state index is 0.0121. The van der Waals surface area contributed by atoms with Crippen LogP contribution < -0.4 is 11.1 Å². The van der Waals surface area contributed by atoms with Gasteiger partial charge >= 0.3 is 0 Å². The normalized spacial score (nSPS) is 11.6. The van der Waals surface area contributed by atoms with Gasteiger partial charge in [-0.15, -0.1) is 0 Å². The molecule has 0 amide bonds. The number of rotatable bonds is 3. The number of nitriles is 1. The van der Waals surface area contributed by atoms with E-state index in [0.29, 0.717) is 16.5 Å². The first-order valence-electron chi connectivity index (χ1n) is 5.65. The number of nitrogens with zero attached hydrogens (tertiary/aromatic N) is 3. The molecule has 5 nitrogen and oxygen atoms in total. The zero-order chi connectivity index (χ0) is 13.8. The van der Waals surface area contributed by atoms with Crippen LogP contribution in [-0.2, 0) is 0 Å². The topological polar surface area (TPSA) is 87.6 Å². The van der Waals surface area contributed by atoms with Gasteiger partial charge in [0.15, 0.2) is 0 Å². The SMILES string of the molecule is CC(Nc1cc(Cl)nc(N)n1)c1ccc(C#N)cc1. The van der Waals surface area contributed by atoms with Gasteiger partial charge in [0.05, 0.1) is 11.6 Å². The van der Waals surface area contributed by atoms with Crippen molar-refractivity contribution < 1.29 is 0 Å². The highest BCUT2D eigenvalue weighted by Crippen LogP contribution is 2.20. The standard InChI is InChI=1S/C13H12ClN5/c1-8(10-4-2-9(7-15)3-5-10)17-12-6-11(14)18-13(16)19-12/h2-6,8H,1H3,(H3,16,17,18,19). The third-order valence-electron chi connectivity index (χ3n) is 2.62. The highest BCUT2D eigenvalue weighted by molar-refractivity contribution is 6.29. The molecule has 1 atom stereocenters. The molecule has 0 saturated heterocycles. The Morgan fingerprint density at radius 3 is 2.58 bits per heavy atom. The number of hydrogen-bond donors (Lipinski definition) is 2. The molecule has 1 unspecified atom stereocenters. The molecule has 0 bridgehead atoms. The lowest BCUT2D eigenvalue weighted by molar-refractivity contribution is 0.873. The van der Waals surface area contributed by atoms with Gasteiger partial charge in [-0.2, -0.15) is 10.2 Å². The molecular formula is C13H12ClN5. The molecule has 0 saturated carbocycles. The van der Waals surface area contributed by atoms with Crippen LogP contribution in [0.5, 0.6) is 0 Å². The summed E-state index contributed by atoms with van der Waals surface area (Å²) in [5.74, 6) is 0.691. The van der Waals surface area contributed by atoms with E-state index in [0.717, 1.165) is 5.56 Å². The minimum atomic E-state index is 0.0121. The Balaban J connectivity index is 2.15. The average Bonchev–Trinajstić information content (AvgIpc) is 2.37. The van der Waals surface area contributed by atoms with E-state index in [-0.39, 0.29) is 12.0 Å². The molecule has 2 aromatic rings. The van der Waals surface area contributed by atoms with Crippen molar-refractivity contribution >= 4 is 23.4 Å². The molecule has 3 N–H and O–H groups in total. The fourth-order valence-corrected chi connectivity index (χ4v) is 1.85. The van der Waals surface area contributed by atoms with Gasteiger partial charge in [0, 0.05) is 12.1 Å². The Bertz CT molecular complexity index is 598. The second-order valence-corrected chi connectivity index (χ2v) is 4.42. The molecule has 2 rings (SSSR count). The summed E-state index contributed by atoms with van der Waals surface area (Å²) >= 11 is 5.81. The van der Waals surface area contributed by atoms with Gasteiger partial charge in [0.1, 0.15) is 11.0 Å². The second kappa shape index (κ2) is 5.55. The van der Waals surface area contributed by atoms with E-state index in [1.54, 1.807) is 18.2 Å². The monoisotopic (exact) mass is 273 g/mol. The largest absolute Gasteiger partial charge is 0.368 e. The van der Waals surface area contributed by atoms with Gasteiger partial charge in [-0.25, -0.2) is 4.98 Å². The second-order valence-electron chi connectivity index (χ2n) is 4.03. The maximum absolute atomic E-state index is 8.75. The fraction of sp³-hybridized carbons (Fsp3) is 0.154. The van der Waals surface area contributed by atoms with E-state index in [4.69, 9.17) is 22.6 Å². The molecule has 0 fully saturated rings. The van der Waals surface area contributed by atoms with E-state index in [1.165, 1.54) is 0 Å². The first-order chi connectivity index (χ1) is 9.08. The van der Waals surface area contributed by atoms with Crippen molar-refractivity contribution in [1.29, 1.82) is 5.26 Å². The van der Waals surface area contributed by atoms with Gasteiger partial charge in [-0.1, -0.05) is 23.7 Å². The van der Waals surface area contributed by atoms with Gasteiger partial charge in [-0.3, -0.25) is 0 Å². The van der Waals surface area contributed by atoms with E-state index >= 15 is 0 Å². The third-order valence-corrected chi connectivity index (χ3v) is 2.81. The van der Waals surface area contributed by atoms with E-state index < -0.39 is 0 Å². The van der Waals surface area contributed by atoms with Crippen LogP contribution in [0.3, 0.4) is 0 Å². The van der Waals surface area contributed by atoms with Crippen molar-refractivity contribution in [3.8, 4) is 6.07 Å². The first kappa shape index (κ1) is 13.1. The number of anilines is 2. The predicted octanol–water partition coefficient (Wildman–Crippen LogP) is 2.76. The summed E-state index contributed by atoms with van der Waals surface area (Å²) in [6.45, 7) is 1.98. The molecule has 0 aliphatic rings. The summed E-state index contributed by atoms with van der Waals surface area (Å²) in [6, 6.07) is 11.0. The number of hydrogen-bond acceptors (Lipinski definition) is 5. The molecule has 1 aromatic heterocycles. The molecule has 19 heavy (non-hydrogen) atoms. The average molecular weight is 274 g/mol. The number of nitrogens with two attached hydrogens (primary N) is 1. The van der Waals surface area contributed by atoms with Crippen LogP contribution >= 0.6 is 11.6 Å². The molecule has 0 radical (unpaired) electrons. The number of benzene rings is 1. The smallest absolute Gasteiger partial charge is 0.223 e. The van der Waals surface area contributed by atoms with Crippen LogP contribution in [0, 0.1) is 11.3 Å². The lowest BCUT2D eigenvalue weighted by atomic mass is 10.1. The number of halogens is 1. The van der Waals surface area contributed by atoms with Gasteiger partial charge < -0.3 is 11.1 Å². The van der Waals surface area contributed by atoms with E-state index in [1.807, 2.05) is 19.1 Å². The van der Waals surface area contributed by atoms with Crippen molar-refractivity contribution in [2.45, 2.75) is 13.0 Å². The summed E-state index contributed by atoms with van der Waals surface area (Å²) in [4.78, 5) is 7.85. The van der Waals surface area contributed by atoms with Crippen LogP contribution in [0.15, 0.2) is 30.3 Å². The maximum Gasteiger partial charge on any atom is 0.223 e. The highest BCUT2D eigenvalue weighted by atomic mass is 35.5. The van der Waals surface area contributed by atoms with Gasteiger partial charge in [-0.05, 0) is 24.6 Å². The molecular weight excluding hydrogens is 262 g/mol. The fourth-order valence-electron chi connectivity index (χ4n) is 1.66. The molecule has 1 aromatic carbocycles. The lowest BCUT2D eigenvalue weighted by Crippen LogP contribution is -2.09. The third kappa shape index (κ3) is 3.33. The summed E-state index contributed by atoms with van der Waals surface area (Å²) in [5.41, 5.74) is 7.19. The molecule has 1 heterocycles. The molecule has 96 valence electrons. The Kier molecular flexibility index (Phi) is 3.83. The number of aromatic nitrogens is 2.